The maximum atomic E-state index is 11.1. The van der Waals surface area contributed by atoms with Crippen molar-refractivity contribution in [2.75, 3.05) is 12.9 Å². The lowest BCUT2D eigenvalue weighted by Gasteiger charge is -2.18. The van der Waals surface area contributed by atoms with Gasteiger partial charge in [-0.15, -0.1) is 0 Å². The van der Waals surface area contributed by atoms with Gasteiger partial charge in [0, 0.05) is 23.3 Å². The van der Waals surface area contributed by atoms with E-state index in [1.807, 2.05) is 23.9 Å². The predicted molar refractivity (Wildman–Crippen MR) is 105 cm³/mol. The maximum absolute atomic E-state index is 11.1. The molecule has 0 aromatic heterocycles. The van der Waals surface area contributed by atoms with Crippen molar-refractivity contribution in [3.63, 3.8) is 0 Å². The van der Waals surface area contributed by atoms with Gasteiger partial charge in [0.1, 0.15) is 0 Å². The molecule has 1 aliphatic heterocycles. The van der Waals surface area contributed by atoms with Gasteiger partial charge >= 0.3 is 5.97 Å². The first kappa shape index (κ1) is 22.5. The fourth-order valence-electron chi connectivity index (χ4n) is 3.25. The zero-order valence-electron chi connectivity index (χ0n) is 15.9. The van der Waals surface area contributed by atoms with Crippen molar-refractivity contribution < 1.29 is 19.7 Å². The standard InChI is InChI=1S/C20H36O4S/c1-3-4-7-10-16(21)13-14-17-18(22)15-25-19(17)11-8-5-6-9-12-20(23)24-2/h13-14,16-19,21-22H,3-12,15H2,1-2H3/b14-13+. The quantitative estimate of drug-likeness (QED) is 0.290. The summed E-state index contributed by atoms with van der Waals surface area (Å²) in [4.78, 5) is 11.1. The van der Waals surface area contributed by atoms with Crippen LogP contribution in [0.1, 0.15) is 71.1 Å². The Kier molecular flexibility index (Phi) is 12.3. The van der Waals surface area contributed by atoms with Crippen molar-refractivity contribution >= 4 is 17.7 Å². The molecule has 0 amide bonds. The van der Waals surface area contributed by atoms with Crippen molar-refractivity contribution in [3.05, 3.63) is 12.2 Å². The SMILES string of the molecule is CCCCCC(O)/C=C/C1C(O)CSC1CCCCCCC(=O)OC. The molecule has 0 saturated carbocycles. The summed E-state index contributed by atoms with van der Waals surface area (Å²) in [6.45, 7) is 2.16. The number of aliphatic hydroxyl groups excluding tert-OH is 2. The van der Waals surface area contributed by atoms with Gasteiger partial charge in [-0.2, -0.15) is 11.8 Å². The van der Waals surface area contributed by atoms with E-state index in [9.17, 15) is 15.0 Å². The van der Waals surface area contributed by atoms with E-state index in [1.54, 1.807) is 0 Å². The maximum Gasteiger partial charge on any atom is 0.305 e. The molecule has 4 nitrogen and oxygen atoms in total. The Morgan fingerprint density at radius 1 is 1.24 bits per heavy atom. The van der Waals surface area contributed by atoms with Gasteiger partial charge in [0.2, 0.25) is 0 Å². The minimum atomic E-state index is -0.386. The summed E-state index contributed by atoms with van der Waals surface area (Å²) in [5, 5.41) is 20.7. The van der Waals surface area contributed by atoms with Gasteiger partial charge in [-0.05, 0) is 19.3 Å². The fraction of sp³-hybridized carbons (Fsp3) is 0.850. The van der Waals surface area contributed by atoms with Crippen LogP contribution in [-0.2, 0) is 9.53 Å². The third-order valence-corrected chi connectivity index (χ3v) is 6.37. The van der Waals surface area contributed by atoms with Crippen LogP contribution < -0.4 is 0 Å². The molecule has 1 aliphatic rings. The van der Waals surface area contributed by atoms with Gasteiger partial charge < -0.3 is 14.9 Å². The van der Waals surface area contributed by atoms with Gasteiger partial charge in [-0.25, -0.2) is 0 Å². The monoisotopic (exact) mass is 372 g/mol. The molecule has 0 aliphatic carbocycles. The molecule has 0 bridgehead atoms. The second-order valence-corrected chi connectivity index (χ2v) is 8.27. The summed E-state index contributed by atoms with van der Waals surface area (Å²) in [6, 6.07) is 0. The third-order valence-electron chi connectivity index (χ3n) is 4.86. The zero-order valence-corrected chi connectivity index (χ0v) is 16.7. The zero-order chi connectivity index (χ0) is 18.5. The minimum absolute atomic E-state index is 0.128. The molecule has 0 spiro atoms. The number of carbonyl (C=O) groups excluding carboxylic acids is 1. The van der Waals surface area contributed by atoms with Crippen LogP contribution in [0.25, 0.3) is 0 Å². The van der Waals surface area contributed by atoms with Gasteiger partial charge in [-0.3, -0.25) is 4.79 Å². The Bertz CT molecular complexity index is 386. The summed E-state index contributed by atoms with van der Waals surface area (Å²) in [5.41, 5.74) is 0. The van der Waals surface area contributed by atoms with Crippen molar-refractivity contribution in [2.24, 2.45) is 5.92 Å². The number of thioether (sulfide) groups is 1. The highest BCUT2D eigenvalue weighted by Gasteiger charge is 2.33. The highest BCUT2D eigenvalue weighted by Crippen LogP contribution is 2.37. The highest BCUT2D eigenvalue weighted by atomic mass is 32.2. The van der Waals surface area contributed by atoms with E-state index in [0.29, 0.717) is 11.7 Å². The second kappa shape index (κ2) is 13.7. The highest BCUT2D eigenvalue weighted by molar-refractivity contribution is 8.00. The molecule has 4 atom stereocenters. The first-order valence-electron chi connectivity index (χ1n) is 9.81. The van der Waals surface area contributed by atoms with Crippen LogP contribution in [0, 0.1) is 5.92 Å². The average Bonchev–Trinajstić information content (AvgIpc) is 2.96. The minimum Gasteiger partial charge on any atom is -0.469 e. The van der Waals surface area contributed by atoms with Gasteiger partial charge in [0.25, 0.3) is 0 Å². The Morgan fingerprint density at radius 2 is 2.00 bits per heavy atom. The summed E-state index contributed by atoms with van der Waals surface area (Å²) >= 11 is 1.85. The number of unbranched alkanes of at least 4 members (excludes halogenated alkanes) is 5. The van der Waals surface area contributed by atoms with Gasteiger partial charge in [0.05, 0.1) is 19.3 Å². The normalized spacial score (nSPS) is 24.7. The molecule has 1 fully saturated rings. The molecule has 1 rings (SSSR count). The molecular weight excluding hydrogens is 336 g/mol. The van der Waals surface area contributed by atoms with E-state index in [2.05, 4.69) is 11.7 Å². The van der Waals surface area contributed by atoms with Crippen LogP contribution in [0.5, 0.6) is 0 Å². The second-order valence-electron chi connectivity index (χ2n) is 6.99. The van der Waals surface area contributed by atoms with Crippen molar-refractivity contribution in [2.45, 2.75) is 88.6 Å². The van der Waals surface area contributed by atoms with E-state index in [0.717, 1.165) is 63.5 Å². The lowest BCUT2D eigenvalue weighted by Crippen LogP contribution is -2.22. The number of hydrogen-bond donors (Lipinski definition) is 2. The Hall–Kier alpha value is -0.520. The molecule has 0 radical (unpaired) electrons. The number of ether oxygens (including phenoxy) is 1. The first-order valence-corrected chi connectivity index (χ1v) is 10.9. The smallest absolute Gasteiger partial charge is 0.305 e. The number of rotatable bonds is 13. The molecule has 0 aromatic rings. The summed E-state index contributed by atoms with van der Waals surface area (Å²) in [6.07, 6.45) is 13.2. The summed E-state index contributed by atoms with van der Waals surface area (Å²) in [7, 11) is 1.43. The van der Waals surface area contributed by atoms with Crippen LogP contribution >= 0.6 is 11.8 Å². The summed E-state index contributed by atoms with van der Waals surface area (Å²) < 4.78 is 4.64. The number of aliphatic hydroxyl groups is 2. The van der Waals surface area contributed by atoms with E-state index < -0.39 is 0 Å². The Balaban J connectivity index is 2.25. The van der Waals surface area contributed by atoms with Crippen molar-refractivity contribution in [1.82, 2.24) is 0 Å². The molecule has 1 heterocycles. The van der Waals surface area contributed by atoms with Crippen LogP contribution in [0.4, 0.5) is 0 Å². The van der Waals surface area contributed by atoms with Gasteiger partial charge in [-0.1, -0.05) is 57.6 Å². The van der Waals surface area contributed by atoms with Crippen LogP contribution in [-0.4, -0.2) is 46.5 Å². The first-order chi connectivity index (χ1) is 12.1. The molecule has 25 heavy (non-hydrogen) atoms. The number of hydrogen-bond acceptors (Lipinski definition) is 5. The summed E-state index contributed by atoms with van der Waals surface area (Å²) in [5.74, 6) is 0.812. The van der Waals surface area contributed by atoms with Crippen molar-refractivity contribution in [1.29, 1.82) is 0 Å². The van der Waals surface area contributed by atoms with Crippen LogP contribution in [0.3, 0.4) is 0 Å². The molecule has 4 unspecified atom stereocenters. The van der Waals surface area contributed by atoms with E-state index in [4.69, 9.17) is 0 Å². The lowest BCUT2D eigenvalue weighted by atomic mass is 9.94. The largest absolute Gasteiger partial charge is 0.469 e. The number of esters is 1. The van der Waals surface area contributed by atoms with Crippen LogP contribution in [0.15, 0.2) is 12.2 Å². The predicted octanol–water partition coefficient (Wildman–Crippen LogP) is 4.09. The molecule has 1 saturated heterocycles. The van der Waals surface area contributed by atoms with E-state index in [-0.39, 0.29) is 24.1 Å². The van der Waals surface area contributed by atoms with Gasteiger partial charge in [0.15, 0.2) is 0 Å². The van der Waals surface area contributed by atoms with Crippen LogP contribution in [0.2, 0.25) is 0 Å². The van der Waals surface area contributed by atoms with Crippen molar-refractivity contribution in [3.8, 4) is 0 Å². The third kappa shape index (κ3) is 9.66. The number of carbonyl (C=O) groups is 1. The topological polar surface area (TPSA) is 66.8 Å². The Morgan fingerprint density at radius 3 is 2.72 bits per heavy atom. The van der Waals surface area contributed by atoms with E-state index >= 15 is 0 Å². The fourth-order valence-corrected chi connectivity index (χ4v) is 4.74. The molecule has 146 valence electrons. The average molecular weight is 373 g/mol. The molecule has 2 N–H and O–H groups in total. The molecule has 5 heteroatoms. The lowest BCUT2D eigenvalue weighted by molar-refractivity contribution is -0.140. The Labute approximate surface area is 157 Å². The molecule has 0 aromatic carbocycles. The van der Waals surface area contributed by atoms with E-state index in [1.165, 1.54) is 7.11 Å². The number of methoxy groups -OCH3 is 1. The molecular formula is C20H36O4S.